The first-order valence-electron chi connectivity index (χ1n) is 10.5. The van der Waals surface area contributed by atoms with Gasteiger partial charge in [0.05, 0.1) is 5.41 Å². The van der Waals surface area contributed by atoms with Crippen molar-refractivity contribution in [2.24, 2.45) is 5.92 Å². The van der Waals surface area contributed by atoms with Crippen LogP contribution < -0.4 is 0 Å². The summed E-state index contributed by atoms with van der Waals surface area (Å²) >= 11 is 0. The zero-order valence-electron chi connectivity index (χ0n) is 17.0. The first kappa shape index (κ1) is 18.5. The lowest BCUT2D eigenvalue weighted by Gasteiger charge is -2.42. The molecule has 0 aliphatic carbocycles. The van der Waals surface area contributed by atoms with E-state index in [1.54, 1.807) is 0 Å². The Bertz CT molecular complexity index is 902. The third-order valence-corrected chi connectivity index (χ3v) is 6.52. The van der Waals surface area contributed by atoms with E-state index in [2.05, 4.69) is 75.6 Å². The van der Waals surface area contributed by atoms with Crippen LogP contribution in [0.4, 0.5) is 0 Å². The molecule has 0 amide bonds. The predicted molar refractivity (Wildman–Crippen MR) is 112 cm³/mol. The third kappa shape index (κ3) is 3.72. The summed E-state index contributed by atoms with van der Waals surface area (Å²) < 4.78 is 5.79. The highest BCUT2D eigenvalue weighted by molar-refractivity contribution is 5.21. The molecule has 0 bridgehead atoms. The zero-order valence-corrected chi connectivity index (χ0v) is 17.0. The van der Waals surface area contributed by atoms with Crippen LogP contribution in [-0.2, 0) is 18.5 Å². The lowest BCUT2D eigenvalue weighted by molar-refractivity contribution is 0.0877. The van der Waals surface area contributed by atoms with Gasteiger partial charge in [-0.3, -0.25) is 9.80 Å². The largest absolute Gasteiger partial charge is 0.339 e. The molecule has 5 heteroatoms. The van der Waals surface area contributed by atoms with E-state index >= 15 is 0 Å². The SMILES string of the molecule is Cc1noc([C@]23CN(Cc4ccccc4)CC[C@H]2CN(Cc2ccccc2)C3)n1. The van der Waals surface area contributed by atoms with Crippen LogP contribution >= 0.6 is 0 Å². The van der Waals surface area contributed by atoms with Crippen molar-refractivity contribution in [3.63, 3.8) is 0 Å². The molecule has 29 heavy (non-hydrogen) atoms. The maximum atomic E-state index is 5.79. The van der Waals surface area contributed by atoms with Crippen LogP contribution in [0.1, 0.15) is 29.3 Å². The number of nitrogens with zero attached hydrogens (tertiary/aromatic N) is 4. The van der Waals surface area contributed by atoms with Crippen LogP contribution in [0, 0.1) is 12.8 Å². The molecule has 0 radical (unpaired) electrons. The van der Waals surface area contributed by atoms with Crippen molar-refractivity contribution in [2.45, 2.75) is 31.8 Å². The standard InChI is InChI=1S/C24H28N4O/c1-19-25-23(29-26-19)24-17-27(14-20-8-4-2-5-9-20)13-12-22(24)16-28(18-24)15-21-10-6-3-7-11-21/h2-11,22H,12-18H2,1H3/t22-,24-/m0/s1. The Morgan fingerprint density at radius 3 is 2.17 bits per heavy atom. The molecule has 0 spiro atoms. The van der Waals surface area contributed by atoms with Crippen LogP contribution in [-0.4, -0.2) is 46.1 Å². The fourth-order valence-electron chi connectivity index (χ4n) is 5.19. The highest BCUT2D eigenvalue weighted by Crippen LogP contribution is 2.44. The topological polar surface area (TPSA) is 45.4 Å². The van der Waals surface area contributed by atoms with Gasteiger partial charge in [0, 0.05) is 32.7 Å². The maximum Gasteiger partial charge on any atom is 0.235 e. The molecule has 5 nitrogen and oxygen atoms in total. The first-order valence-corrected chi connectivity index (χ1v) is 10.5. The quantitative estimate of drug-likeness (QED) is 0.668. The summed E-state index contributed by atoms with van der Waals surface area (Å²) in [6.45, 7) is 8.02. The molecule has 3 aromatic rings. The van der Waals surface area contributed by atoms with Gasteiger partial charge in [0.15, 0.2) is 5.82 Å². The highest BCUT2D eigenvalue weighted by atomic mass is 16.5. The normalized spacial score (nSPS) is 25.2. The highest BCUT2D eigenvalue weighted by Gasteiger charge is 2.54. The Morgan fingerprint density at radius 2 is 1.55 bits per heavy atom. The van der Waals surface area contributed by atoms with Gasteiger partial charge < -0.3 is 4.52 Å². The Hall–Kier alpha value is -2.50. The van der Waals surface area contributed by atoms with E-state index in [9.17, 15) is 0 Å². The minimum absolute atomic E-state index is 0.0803. The summed E-state index contributed by atoms with van der Waals surface area (Å²) in [6.07, 6.45) is 1.17. The molecule has 150 valence electrons. The molecule has 2 aromatic carbocycles. The lowest BCUT2D eigenvalue weighted by Crippen LogP contribution is -2.51. The minimum Gasteiger partial charge on any atom is -0.339 e. The van der Waals surface area contributed by atoms with E-state index in [1.807, 2.05) is 6.92 Å². The van der Waals surface area contributed by atoms with E-state index in [1.165, 1.54) is 17.5 Å². The number of fused-ring (bicyclic) bond motifs is 1. The average Bonchev–Trinajstić information content (AvgIpc) is 3.33. The Balaban J connectivity index is 1.40. The van der Waals surface area contributed by atoms with Gasteiger partial charge in [-0.15, -0.1) is 0 Å². The molecule has 2 fully saturated rings. The van der Waals surface area contributed by atoms with Gasteiger partial charge in [-0.05, 0) is 36.9 Å². The molecule has 2 saturated heterocycles. The summed E-state index contributed by atoms with van der Waals surface area (Å²) in [5.41, 5.74) is 2.65. The monoisotopic (exact) mass is 388 g/mol. The maximum absolute atomic E-state index is 5.79. The lowest BCUT2D eigenvalue weighted by atomic mass is 9.73. The van der Waals surface area contributed by atoms with Crippen molar-refractivity contribution < 1.29 is 4.52 Å². The van der Waals surface area contributed by atoms with Gasteiger partial charge in [0.2, 0.25) is 5.89 Å². The summed E-state index contributed by atoms with van der Waals surface area (Å²) in [6, 6.07) is 21.5. The molecule has 5 rings (SSSR count). The second-order valence-electron chi connectivity index (χ2n) is 8.64. The molecule has 0 unspecified atom stereocenters. The second kappa shape index (κ2) is 7.73. The van der Waals surface area contributed by atoms with E-state index in [0.717, 1.165) is 51.0 Å². The predicted octanol–water partition coefficient (Wildman–Crippen LogP) is 3.65. The van der Waals surface area contributed by atoms with Crippen molar-refractivity contribution in [2.75, 3.05) is 26.2 Å². The van der Waals surface area contributed by atoms with E-state index in [-0.39, 0.29) is 5.41 Å². The van der Waals surface area contributed by atoms with Crippen molar-refractivity contribution in [3.8, 4) is 0 Å². The number of aromatic nitrogens is 2. The van der Waals surface area contributed by atoms with Gasteiger partial charge in [-0.25, -0.2) is 0 Å². The molecule has 0 N–H and O–H groups in total. The van der Waals surface area contributed by atoms with Crippen LogP contribution in [0.15, 0.2) is 65.2 Å². The summed E-state index contributed by atoms with van der Waals surface area (Å²) in [5.74, 6) is 2.11. The van der Waals surface area contributed by atoms with Crippen molar-refractivity contribution >= 4 is 0 Å². The van der Waals surface area contributed by atoms with E-state index < -0.39 is 0 Å². The van der Waals surface area contributed by atoms with Crippen LogP contribution in [0.2, 0.25) is 0 Å². The number of likely N-dealkylation sites (tertiary alicyclic amines) is 2. The van der Waals surface area contributed by atoms with Gasteiger partial charge in [0.25, 0.3) is 0 Å². The first-order chi connectivity index (χ1) is 14.2. The molecular weight excluding hydrogens is 360 g/mol. The van der Waals surface area contributed by atoms with Gasteiger partial charge >= 0.3 is 0 Å². The molecule has 2 aliphatic rings. The summed E-state index contributed by atoms with van der Waals surface area (Å²) in [7, 11) is 0. The van der Waals surface area contributed by atoms with Crippen LogP contribution in [0.3, 0.4) is 0 Å². The van der Waals surface area contributed by atoms with Crippen LogP contribution in [0.25, 0.3) is 0 Å². The number of rotatable bonds is 5. The molecule has 2 atom stereocenters. The number of aryl methyl sites for hydroxylation is 1. The molecular formula is C24H28N4O. The fraction of sp³-hybridized carbons (Fsp3) is 0.417. The Labute approximate surface area is 172 Å². The minimum atomic E-state index is -0.0803. The van der Waals surface area contributed by atoms with Crippen molar-refractivity contribution in [1.29, 1.82) is 0 Å². The van der Waals surface area contributed by atoms with Gasteiger partial charge in [0.1, 0.15) is 0 Å². The Kier molecular flexibility index (Phi) is 4.94. The number of benzene rings is 2. The van der Waals surface area contributed by atoms with Crippen molar-refractivity contribution in [1.82, 2.24) is 19.9 Å². The number of hydrogen-bond donors (Lipinski definition) is 0. The smallest absolute Gasteiger partial charge is 0.235 e. The van der Waals surface area contributed by atoms with Gasteiger partial charge in [-0.2, -0.15) is 4.98 Å². The zero-order chi connectivity index (χ0) is 19.7. The average molecular weight is 389 g/mol. The second-order valence-corrected chi connectivity index (χ2v) is 8.64. The van der Waals surface area contributed by atoms with E-state index in [4.69, 9.17) is 9.51 Å². The molecule has 1 aromatic heterocycles. The molecule has 0 saturated carbocycles. The summed E-state index contributed by atoms with van der Waals surface area (Å²) in [4.78, 5) is 9.86. The van der Waals surface area contributed by atoms with Crippen LogP contribution in [0.5, 0.6) is 0 Å². The Morgan fingerprint density at radius 1 is 0.931 bits per heavy atom. The van der Waals surface area contributed by atoms with Gasteiger partial charge in [-0.1, -0.05) is 65.8 Å². The number of hydrogen-bond acceptors (Lipinski definition) is 5. The van der Waals surface area contributed by atoms with E-state index in [0.29, 0.717) is 5.92 Å². The number of piperidine rings is 1. The molecule has 2 aliphatic heterocycles. The third-order valence-electron chi connectivity index (χ3n) is 6.52. The summed E-state index contributed by atoms with van der Waals surface area (Å²) in [5, 5.41) is 4.14. The fourth-order valence-corrected chi connectivity index (χ4v) is 5.19. The van der Waals surface area contributed by atoms with Crippen molar-refractivity contribution in [3.05, 3.63) is 83.5 Å². The molecule has 3 heterocycles.